The Morgan fingerprint density at radius 3 is 3.27 bits per heavy atom. The highest BCUT2D eigenvalue weighted by Crippen LogP contribution is 2.16. The maximum absolute atomic E-state index is 11.1. The van der Waals surface area contributed by atoms with E-state index in [1.807, 2.05) is 0 Å². The summed E-state index contributed by atoms with van der Waals surface area (Å²) in [5.74, 6) is 0.698. The van der Waals surface area contributed by atoms with E-state index in [9.17, 15) is 4.79 Å². The van der Waals surface area contributed by atoms with Gasteiger partial charge >= 0.3 is 0 Å². The van der Waals surface area contributed by atoms with Crippen molar-refractivity contribution in [2.24, 2.45) is 0 Å². The van der Waals surface area contributed by atoms with Crippen LogP contribution in [0.3, 0.4) is 0 Å². The number of rotatable bonds is 0. The quantitative estimate of drug-likeness (QED) is 0.498. The molecular weight excluding hydrogens is 139 g/mol. The van der Waals surface area contributed by atoms with E-state index in [0.29, 0.717) is 23.4 Å². The fraction of sp³-hybridized carbons (Fsp3) is 0.143. The Morgan fingerprint density at radius 2 is 2.45 bits per heavy atom. The van der Waals surface area contributed by atoms with Crippen LogP contribution < -0.4 is 10.8 Å². The van der Waals surface area contributed by atoms with Gasteiger partial charge in [-0.3, -0.25) is 4.79 Å². The van der Waals surface area contributed by atoms with Crippen LogP contribution in [0.4, 0.5) is 5.82 Å². The van der Waals surface area contributed by atoms with Crippen LogP contribution in [0.2, 0.25) is 0 Å². The van der Waals surface area contributed by atoms with Crippen LogP contribution in [0.15, 0.2) is 12.3 Å². The van der Waals surface area contributed by atoms with Crippen molar-refractivity contribution in [3.63, 3.8) is 0 Å². The third kappa shape index (κ3) is 0.907. The summed E-state index contributed by atoms with van der Waals surface area (Å²) < 4.78 is 0. The van der Waals surface area contributed by atoms with Crippen molar-refractivity contribution < 1.29 is 4.79 Å². The second kappa shape index (κ2) is 2.08. The van der Waals surface area contributed by atoms with Crippen LogP contribution >= 0.6 is 0 Å². The molecule has 1 aromatic rings. The van der Waals surface area contributed by atoms with Crippen molar-refractivity contribution in [2.75, 3.05) is 11.9 Å². The zero-order valence-electron chi connectivity index (χ0n) is 5.79. The van der Waals surface area contributed by atoms with Gasteiger partial charge in [0.15, 0.2) is 5.78 Å². The minimum Gasteiger partial charge on any atom is -0.362 e. The SMILES string of the molecule is [B]c1cnc2c(c1)C(=O)CN2. The summed E-state index contributed by atoms with van der Waals surface area (Å²) in [4.78, 5) is 15.0. The molecule has 1 N–H and O–H groups in total. The lowest BCUT2D eigenvalue weighted by atomic mass is 9.96. The highest BCUT2D eigenvalue weighted by atomic mass is 16.1. The molecular formula is C7H5BN2O. The fourth-order valence-electron chi connectivity index (χ4n) is 1.09. The summed E-state index contributed by atoms with van der Waals surface area (Å²) in [5, 5.41) is 2.86. The summed E-state index contributed by atoms with van der Waals surface area (Å²) in [6.45, 7) is 0.339. The summed E-state index contributed by atoms with van der Waals surface area (Å²) >= 11 is 0. The van der Waals surface area contributed by atoms with E-state index in [1.165, 1.54) is 6.20 Å². The topological polar surface area (TPSA) is 42.0 Å². The molecule has 0 spiro atoms. The number of carbonyl (C=O) groups is 1. The van der Waals surface area contributed by atoms with Gasteiger partial charge in [-0.1, -0.05) is 11.5 Å². The molecule has 1 aliphatic heterocycles. The second-order valence-corrected chi connectivity index (χ2v) is 2.44. The highest BCUT2D eigenvalue weighted by molar-refractivity contribution is 6.32. The molecule has 2 radical (unpaired) electrons. The van der Waals surface area contributed by atoms with Gasteiger partial charge in [0.2, 0.25) is 0 Å². The first-order chi connectivity index (χ1) is 5.27. The van der Waals surface area contributed by atoms with Gasteiger partial charge in [0.25, 0.3) is 0 Å². The van der Waals surface area contributed by atoms with Crippen LogP contribution in [-0.4, -0.2) is 25.2 Å². The molecule has 0 saturated carbocycles. The lowest BCUT2D eigenvalue weighted by molar-refractivity contribution is 0.101. The Kier molecular flexibility index (Phi) is 1.21. The van der Waals surface area contributed by atoms with Gasteiger partial charge in [-0.05, 0) is 0 Å². The van der Waals surface area contributed by atoms with Crippen LogP contribution in [0, 0.1) is 0 Å². The van der Waals surface area contributed by atoms with Gasteiger partial charge in [0, 0.05) is 6.20 Å². The fourth-order valence-corrected chi connectivity index (χ4v) is 1.09. The van der Waals surface area contributed by atoms with Crippen LogP contribution in [-0.2, 0) is 0 Å². The molecule has 0 amide bonds. The third-order valence-electron chi connectivity index (χ3n) is 1.63. The van der Waals surface area contributed by atoms with Crippen molar-refractivity contribution >= 4 is 24.9 Å². The molecule has 3 nitrogen and oxygen atoms in total. The first-order valence-corrected chi connectivity index (χ1v) is 3.30. The van der Waals surface area contributed by atoms with Gasteiger partial charge < -0.3 is 5.32 Å². The molecule has 52 valence electrons. The molecule has 0 aliphatic carbocycles. The predicted molar refractivity (Wildman–Crippen MR) is 42.4 cm³/mol. The van der Waals surface area contributed by atoms with Crippen LogP contribution in [0.5, 0.6) is 0 Å². The van der Waals surface area contributed by atoms with Crippen molar-refractivity contribution in [2.45, 2.75) is 0 Å². The van der Waals surface area contributed by atoms with E-state index in [4.69, 9.17) is 7.85 Å². The van der Waals surface area contributed by atoms with Gasteiger partial charge in [-0.2, -0.15) is 0 Å². The largest absolute Gasteiger partial charge is 0.362 e. The molecule has 0 saturated heterocycles. The normalized spacial score (nSPS) is 14.4. The number of hydrogen-bond acceptors (Lipinski definition) is 3. The third-order valence-corrected chi connectivity index (χ3v) is 1.63. The van der Waals surface area contributed by atoms with E-state index >= 15 is 0 Å². The van der Waals surface area contributed by atoms with E-state index in [0.717, 1.165) is 0 Å². The predicted octanol–water partition coefficient (Wildman–Crippen LogP) is -0.516. The Labute approximate surface area is 65.2 Å². The number of pyridine rings is 1. The van der Waals surface area contributed by atoms with Gasteiger partial charge in [-0.15, -0.1) is 0 Å². The molecule has 1 aromatic heterocycles. The van der Waals surface area contributed by atoms with E-state index < -0.39 is 0 Å². The molecule has 2 heterocycles. The Bertz CT molecular complexity index is 324. The molecule has 0 atom stereocenters. The van der Waals surface area contributed by atoms with Crippen molar-refractivity contribution in [1.29, 1.82) is 0 Å². The lowest BCUT2D eigenvalue weighted by Crippen LogP contribution is -2.06. The number of nitrogens with one attached hydrogen (secondary N) is 1. The summed E-state index contributed by atoms with van der Waals surface area (Å²) in [5.41, 5.74) is 1.13. The maximum Gasteiger partial charge on any atom is 0.185 e. The smallest absolute Gasteiger partial charge is 0.185 e. The van der Waals surface area contributed by atoms with Gasteiger partial charge in [0.05, 0.1) is 12.1 Å². The zero-order chi connectivity index (χ0) is 7.84. The molecule has 0 bridgehead atoms. The van der Waals surface area contributed by atoms with Crippen molar-refractivity contribution in [1.82, 2.24) is 4.98 Å². The number of anilines is 1. The van der Waals surface area contributed by atoms with Gasteiger partial charge in [-0.25, -0.2) is 4.98 Å². The molecule has 0 aromatic carbocycles. The average Bonchev–Trinajstić information content (AvgIpc) is 2.33. The first kappa shape index (κ1) is 6.40. The number of fused-ring (bicyclic) bond motifs is 1. The van der Waals surface area contributed by atoms with E-state index in [-0.39, 0.29) is 5.78 Å². The molecule has 1 aliphatic rings. The molecule has 4 heteroatoms. The van der Waals surface area contributed by atoms with Crippen LogP contribution in [0.25, 0.3) is 0 Å². The summed E-state index contributed by atoms with van der Waals surface area (Å²) in [7, 11) is 5.45. The lowest BCUT2D eigenvalue weighted by Gasteiger charge is -1.96. The first-order valence-electron chi connectivity index (χ1n) is 3.30. The van der Waals surface area contributed by atoms with Crippen molar-refractivity contribution in [3.8, 4) is 0 Å². The Balaban J connectivity index is 2.60. The zero-order valence-corrected chi connectivity index (χ0v) is 5.79. The standard InChI is InChI=1S/C7H5BN2O/c8-4-1-5-6(11)3-10-7(5)9-2-4/h1-2H,3H2,(H,9,10). The number of hydrogen-bond donors (Lipinski definition) is 1. The summed E-state index contributed by atoms with van der Waals surface area (Å²) in [6.07, 6.45) is 1.53. The maximum atomic E-state index is 11.1. The minimum absolute atomic E-state index is 0.0554. The Morgan fingerprint density at radius 1 is 1.64 bits per heavy atom. The minimum atomic E-state index is 0.0554. The van der Waals surface area contributed by atoms with Crippen LogP contribution in [0.1, 0.15) is 10.4 Å². The number of nitrogens with zero attached hydrogens (tertiary/aromatic N) is 1. The van der Waals surface area contributed by atoms with Gasteiger partial charge in [0.1, 0.15) is 13.7 Å². The van der Waals surface area contributed by atoms with E-state index in [2.05, 4.69) is 10.3 Å². The molecule has 11 heavy (non-hydrogen) atoms. The monoisotopic (exact) mass is 144 g/mol. The molecule has 0 unspecified atom stereocenters. The van der Waals surface area contributed by atoms with E-state index in [1.54, 1.807) is 6.07 Å². The average molecular weight is 144 g/mol. The Hall–Kier alpha value is -1.32. The number of aromatic nitrogens is 1. The number of ketones is 1. The molecule has 2 rings (SSSR count). The highest BCUT2D eigenvalue weighted by Gasteiger charge is 2.19. The number of carbonyl (C=O) groups excluding carboxylic acids is 1. The number of Topliss-reactive ketones (excluding diaryl/α,β-unsaturated/α-hetero) is 1. The second-order valence-electron chi connectivity index (χ2n) is 2.44. The molecule has 0 fully saturated rings. The van der Waals surface area contributed by atoms with Crippen molar-refractivity contribution in [3.05, 3.63) is 17.8 Å². The summed E-state index contributed by atoms with van der Waals surface area (Å²) in [6, 6.07) is 1.64.